The van der Waals surface area contributed by atoms with Gasteiger partial charge in [0.25, 0.3) is 10.2 Å². The third-order valence-corrected chi connectivity index (χ3v) is 2.77. The van der Waals surface area contributed by atoms with Gasteiger partial charge < -0.3 is 4.42 Å². The van der Waals surface area contributed by atoms with Crippen molar-refractivity contribution in [2.75, 3.05) is 4.72 Å². The van der Waals surface area contributed by atoms with E-state index >= 15 is 0 Å². The van der Waals surface area contributed by atoms with Crippen LogP contribution in [0.5, 0.6) is 0 Å². The van der Waals surface area contributed by atoms with Crippen molar-refractivity contribution in [3.63, 3.8) is 0 Å². The van der Waals surface area contributed by atoms with E-state index < -0.39 is 10.2 Å². The maximum absolute atomic E-state index is 11.0. The minimum absolute atomic E-state index is 0.138. The number of hydrogen-bond donors (Lipinski definition) is 2. The van der Waals surface area contributed by atoms with Crippen molar-refractivity contribution in [3.05, 3.63) is 42.4 Å². The van der Waals surface area contributed by atoms with Crippen molar-refractivity contribution in [2.45, 2.75) is 0 Å². The first-order valence-corrected chi connectivity index (χ1v) is 6.42. The Morgan fingerprint density at radius 2 is 2.11 bits per heavy atom. The Hall–Kier alpha value is -2.30. The van der Waals surface area contributed by atoms with E-state index in [0.29, 0.717) is 11.1 Å². The summed E-state index contributed by atoms with van der Waals surface area (Å²) < 4.78 is 29.0. The molecule has 18 heavy (non-hydrogen) atoms. The first-order chi connectivity index (χ1) is 8.51. The predicted octanol–water partition coefficient (Wildman–Crippen LogP) is 1.43. The van der Waals surface area contributed by atoms with Crippen molar-refractivity contribution >= 4 is 15.9 Å². The van der Waals surface area contributed by atoms with Crippen LogP contribution in [0, 0.1) is 11.3 Å². The smallest absolute Gasteiger partial charge is 0.296 e. The molecule has 1 aromatic heterocycles. The number of hydrogen-bond acceptors (Lipinski definition) is 4. The molecule has 0 saturated heterocycles. The van der Waals surface area contributed by atoms with Crippen LogP contribution in [0.25, 0.3) is 11.1 Å². The summed E-state index contributed by atoms with van der Waals surface area (Å²) in [6, 6.07) is 8.41. The summed E-state index contributed by atoms with van der Waals surface area (Å²) in [4.78, 5) is 0. The summed E-state index contributed by atoms with van der Waals surface area (Å²) in [5.41, 5.74) is 1.58. The second-order valence-corrected chi connectivity index (χ2v) is 4.79. The van der Waals surface area contributed by atoms with Crippen LogP contribution in [-0.4, -0.2) is 8.42 Å². The number of nitrogens with one attached hydrogen (secondary N) is 1. The Bertz CT molecular complexity index is 700. The molecule has 0 saturated carbocycles. The molecule has 0 aliphatic carbocycles. The Labute approximate surface area is 104 Å². The molecule has 0 atom stereocenters. The number of benzene rings is 1. The van der Waals surface area contributed by atoms with E-state index in [1.54, 1.807) is 18.2 Å². The van der Waals surface area contributed by atoms with Gasteiger partial charge in [0.1, 0.15) is 6.07 Å². The van der Waals surface area contributed by atoms with Gasteiger partial charge in [-0.25, -0.2) is 5.14 Å². The number of furan rings is 1. The normalized spacial score (nSPS) is 10.9. The number of nitrogens with two attached hydrogens (primary N) is 1. The summed E-state index contributed by atoms with van der Waals surface area (Å²) in [6.45, 7) is 0. The van der Waals surface area contributed by atoms with E-state index in [-0.39, 0.29) is 11.3 Å². The standard InChI is InChI=1S/C11H9N3O3S/c12-6-10-9(8-4-5-17-7-8)2-1-3-11(10)14-18(13,15)16/h1-5,7,14H,(H2,13,15,16). The fraction of sp³-hybridized carbons (Fsp3) is 0. The van der Waals surface area contributed by atoms with E-state index in [9.17, 15) is 8.42 Å². The Morgan fingerprint density at radius 1 is 1.33 bits per heavy atom. The minimum atomic E-state index is -3.92. The van der Waals surface area contributed by atoms with Crippen LogP contribution in [0.1, 0.15) is 5.56 Å². The van der Waals surface area contributed by atoms with E-state index in [1.165, 1.54) is 18.6 Å². The molecule has 0 radical (unpaired) electrons. The molecule has 2 aromatic rings. The molecular weight excluding hydrogens is 254 g/mol. The maximum atomic E-state index is 11.0. The average molecular weight is 263 g/mol. The summed E-state index contributed by atoms with van der Waals surface area (Å²) in [7, 11) is -3.92. The van der Waals surface area contributed by atoms with Crippen LogP contribution < -0.4 is 9.86 Å². The van der Waals surface area contributed by atoms with Crippen molar-refractivity contribution < 1.29 is 12.8 Å². The summed E-state index contributed by atoms with van der Waals surface area (Å²) in [6.07, 6.45) is 2.94. The van der Waals surface area contributed by atoms with Gasteiger partial charge in [0.05, 0.1) is 23.8 Å². The quantitative estimate of drug-likeness (QED) is 0.872. The van der Waals surface area contributed by atoms with Gasteiger partial charge in [-0.2, -0.15) is 13.7 Å². The Balaban J connectivity index is 2.58. The first kappa shape index (κ1) is 12.2. The minimum Gasteiger partial charge on any atom is -0.472 e. The van der Waals surface area contributed by atoms with Crippen LogP contribution in [0.4, 0.5) is 5.69 Å². The molecule has 0 amide bonds. The van der Waals surface area contributed by atoms with Crippen LogP contribution in [0.3, 0.4) is 0 Å². The summed E-state index contributed by atoms with van der Waals surface area (Å²) in [5.74, 6) is 0. The average Bonchev–Trinajstić information content (AvgIpc) is 2.79. The molecule has 0 aliphatic rings. The zero-order valence-electron chi connectivity index (χ0n) is 9.12. The molecule has 0 bridgehead atoms. The SMILES string of the molecule is N#Cc1c(NS(N)(=O)=O)cccc1-c1ccoc1. The van der Waals surface area contributed by atoms with Crippen LogP contribution in [0.15, 0.2) is 41.2 Å². The second kappa shape index (κ2) is 4.52. The van der Waals surface area contributed by atoms with Gasteiger partial charge in [-0.05, 0) is 12.1 Å². The highest BCUT2D eigenvalue weighted by Crippen LogP contribution is 2.29. The van der Waals surface area contributed by atoms with Crippen LogP contribution in [0.2, 0.25) is 0 Å². The molecule has 1 aromatic carbocycles. The predicted molar refractivity (Wildman–Crippen MR) is 65.6 cm³/mol. The van der Waals surface area contributed by atoms with Crippen molar-refractivity contribution in [1.82, 2.24) is 0 Å². The number of nitrogens with zero attached hydrogens (tertiary/aromatic N) is 1. The highest BCUT2D eigenvalue weighted by Gasteiger charge is 2.13. The van der Waals surface area contributed by atoms with Gasteiger partial charge in [-0.3, -0.25) is 4.72 Å². The monoisotopic (exact) mass is 263 g/mol. The molecule has 1 heterocycles. The van der Waals surface area contributed by atoms with E-state index in [4.69, 9.17) is 14.8 Å². The van der Waals surface area contributed by atoms with E-state index in [1.807, 2.05) is 6.07 Å². The lowest BCUT2D eigenvalue weighted by molar-refractivity contribution is 0.568. The molecule has 0 aliphatic heterocycles. The van der Waals surface area contributed by atoms with Crippen molar-refractivity contribution in [2.24, 2.45) is 5.14 Å². The molecule has 0 fully saturated rings. The van der Waals surface area contributed by atoms with Crippen molar-refractivity contribution in [1.29, 1.82) is 5.26 Å². The Kier molecular flexibility index (Phi) is 3.06. The molecule has 3 N–H and O–H groups in total. The van der Waals surface area contributed by atoms with Gasteiger partial charge in [-0.15, -0.1) is 0 Å². The van der Waals surface area contributed by atoms with Crippen LogP contribution in [-0.2, 0) is 10.2 Å². The number of anilines is 1. The maximum Gasteiger partial charge on any atom is 0.296 e. The molecular formula is C11H9N3O3S. The summed E-state index contributed by atoms with van der Waals surface area (Å²) in [5, 5.41) is 14.0. The van der Waals surface area contributed by atoms with Crippen molar-refractivity contribution in [3.8, 4) is 17.2 Å². The van der Waals surface area contributed by atoms with Gasteiger partial charge in [-0.1, -0.05) is 12.1 Å². The third kappa shape index (κ3) is 2.51. The zero-order valence-corrected chi connectivity index (χ0v) is 9.94. The van der Waals surface area contributed by atoms with Gasteiger partial charge in [0.2, 0.25) is 0 Å². The van der Waals surface area contributed by atoms with Gasteiger partial charge in [0.15, 0.2) is 0 Å². The Morgan fingerprint density at radius 3 is 2.67 bits per heavy atom. The van der Waals surface area contributed by atoms with Crippen LogP contribution >= 0.6 is 0 Å². The second-order valence-electron chi connectivity index (χ2n) is 3.50. The highest BCUT2D eigenvalue weighted by molar-refractivity contribution is 7.90. The molecule has 7 heteroatoms. The molecule has 2 rings (SSSR count). The number of nitriles is 1. The zero-order chi connectivity index (χ0) is 13.2. The lowest BCUT2D eigenvalue weighted by atomic mass is 10.0. The molecule has 92 valence electrons. The lowest BCUT2D eigenvalue weighted by Crippen LogP contribution is -2.22. The largest absolute Gasteiger partial charge is 0.472 e. The first-order valence-electron chi connectivity index (χ1n) is 4.87. The topological polar surface area (TPSA) is 109 Å². The lowest BCUT2D eigenvalue weighted by Gasteiger charge is -2.08. The summed E-state index contributed by atoms with van der Waals surface area (Å²) >= 11 is 0. The fourth-order valence-electron chi connectivity index (χ4n) is 1.57. The van der Waals surface area contributed by atoms with Gasteiger partial charge >= 0.3 is 0 Å². The highest BCUT2D eigenvalue weighted by atomic mass is 32.2. The number of rotatable bonds is 3. The van der Waals surface area contributed by atoms with E-state index in [2.05, 4.69) is 4.72 Å². The molecule has 0 spiro atoms. The van der Waals surface area contributed by atoms with Gasteiger partial charge in [0, 0.05) is 11.1 Å². The van der Waals surface area contributed by atoms with E-state index in [0.717, 1.165) is 0 Å². The fourth-order valence-corrected chi connectivity index (χ4v) is 2.05. The molecule has 0 unspecified atom stereocenters. The molecule has 6 nitrogen and oxygen atoms in total. The third-order valence-electron chi connectivity index (χ3n) is 2.26.